The number of thiophene rings is 1. The van der Waals surface area contributed by atoms with Crippen LogP contribution in [0.2, 0.25) is 0 Å². The summed E-state index contributed by atoms with van der Waals surface area (Å²) in [6.07, 6.45) is 2.06. The van der Waals surface area contributed by atoms with Gasteiger partial charge in [0.05, 0.1) is 5.39 Å². The molecule has 6 heteroatoms. The molecule has 1 saturated heterocycles. The van der Waals surface area contributed by atoms with Gasteiger partial charge in [-0.1, -0.05) is 0 Å². The normalized spacial score (nSPS) is 16.9. The lowest BCUT2D eigenvalue weighted by atomic mass is 9.98. The summed E-state index contributed by atoms with van der Waals surface area (Å²) in [7, 11) is 1.85. The van der Waals surface area contributed by atoms with Crippen molar-refractivity contribution in [1.29, 1.82) is 0 Å². The zero-order chi connectivity index (χ0) is 14.1. The predicted molar refractivity (Wildman–Crippen MR) is 83.7 cm³/mol. The second-order valence-electron chi connectivity index (χ2n) is 5.31. The second kappa shape index (κ2) is 5.54. The Morgan fingerprint density at radius 2 is 2.15 bits per heavy atom. The molecular weight excluding hydrogens is 272 g/mol. The Morgan fingerprint density at radius 3 is 2.80 bits per heavy atom. The molecule has 0 unspecified atom stereocenters. The molecule has 0 atom stereocenters. The van der Waals surface area contributed by atoms with Crippen LogP contribution in [0.5, 0.6) is 0 Å². The van der Waals surface area contributed by atoms with Crippen LogP contribution in [0, 0.1) is 12.8 Å². The first kappa shape index (κ1) is 13.6. The van der Waals surface area contributed by atoms with Crippen LogP contribution in [0.1, 0.15) is 17.7 Å². The predicted octanol–water partition coefficient (Wildman–Crippen LogP) is 2.25. The third-order valence-corrected chi connectivity index (χ3v) is 4.84. The van der Waals surface area contributed by atoms with Gasteiger partial charge >= 0.3 is 0 Å². The highest BCUT2D eigenvalue weighted by Gasteiger charge is 2.22. The molecule has 0 radical (unpaired) electrons. The monoisotopic (exact) mass is 292 g/mol. The van der Waals surface area contributed by atoms with Crippen molar-refractivity contribution in [3.05, 3.63) is 10.9 Å². The van der Waals surface area contributed by atoms with E-state index in [1.807, 2.05) is 7.05 Å². The maximum absolute atomic E-state index is 9.25. The van der Waals surface area contributed by atoms with E-state index < -0.39 is 0 Å². The van der Waals surface area contributed by atoms with E-state index in [9.17, 15) is 5.11 Å². The summed E-state index contributed by atoms with van der Waals surface area (Å²) < 4.78 is 0. The number of hydrogen-bond donors (Lipinski definition) is 2. The first-order valence-corrected chi connectivity index (χ1v) is 7.84. The van der Waals surface area contributed by atoms with E-state index in [1.54, 1.807) is 11.3 Å². The Hall–Kier alpha value is -1.40. The van der Waals surface area contributed by atoms with Crippen LogP contribution in [0.15, 0.2) is 6.07 Å². The first-order chi connectivity index (χ1) is 9.71. The maximum atomic E-state index is 9.25. The average molecular weight is 292 g/mol. The van der Waals surface area contributed by atoms with Crippen molar-refractivity contribution in [2.24, 2.45) is 5.92 Å². The largest absolute Gasteiger partial charge is 0.396 e. The minimum absolute atomic E-state index is 0.298. The van der Waals surface area contributed by atoms with Crippen molar-refractivity contribution in [1.82, 2.24) is 9.97 Å². The molecule has 0 aromatic carbocycles. The topological polar surface area (TPSA) is 61.3 Å². The fraction of sp³-hybridized carbons (Fsp3) is 0.571. The van der Waals surface area contributed by atoms with Gasteiger partial charge < -0.3 is 15.3 Å². The molecule has 3 heterocycles. The molecule has 2 aromatic heterocycles. The minimum Gasteiger partial charge on any atom is -0.396 e. The van der Waals surface area contributed by atoms with Crippen molar-refractivity contribution < 1.29 is 5.11 Å². The second-order valence-corrected chi connectivity index (χ2v) is 6.54. The molecule has 5 nitrogen and oxygen atoms in total. The molecule has 108 valence electrons. The first-order valence-electron chi connectivity index (χ1n) is 7.03. The molecule has 2 aromatic rings. The van der Waals surface area contributed by atoms with Crippen molar-refractivity contribution >= 4 is 33.3 Å². The van der Waals surface area contributed by atoms with Gasteiger partial charge in [-0.3, -0.25) is 0 Å². The summed E-state index contributed by atoms with van der Waals surface area (Å²) in [5.41, 5.74) is 0. The van der Waals surface area contributed by atoms with Crippen LogP contribution >= 0.6 is 11.3 Å². The lowest BCUT2D eigenvalue weighted by Crippen LogP contribution is -2.35. The molecule has 1 fully saturated rings. The van der Waals surface area contributed by atoms with E-state index in [0.717, 1.165) is 42.0 Å². The molecular formula is C14H20N4OS. The number of nitrogens with zero attached hydrogens (tertiary/aromatic N) is 3. The van der Waals surface area contributed by atoms with Gasteiger partial charge in [0.1, 0.15) is 10.6 Å². The molecule has 3 rings (SSSR count). The van der Waals surface area contributed by atoms with Crippen LogP contribution in [0.3, 0.4) is 0 Å². The quantitative estimate of drug-likeness (QED) is 0.908. The van der Waals surface area contributed by atoms with Gasteiger partial charge in [0, 0.05) is 31.6 Å². The number of aliphatic hydroxyl groups is 1. The lowest BCUT2D eigenvalue weighted by molar-refractivity contribution is 0.203. The van der Waals surface area contributed by atoms with Crippen LogP contribution in [-0.2, 0) is 0 Å². The molecule has 0 spiro atoms. The number of aryl methyl sites for hydroxylation is 1. The highest BCUT2D eigenvalue weighted by Crippen LogP contribution is 2.33. The van der Waals surface area contributed by atoms with Gasteiger partial charge in [0.15, 0.2) is 0 Å². The van der Waals surface area contributed by atoms with E-state index in [1.165, 1.54) is 4.88 Å². The molecule has 0 aliphatic carbocycles. The van der Waals surface area contributed by atoms with Crippen LogP contribution < -0.4 is 10.2 Å². The van der Waals surface area contributed by atoms with Crippen LogP contribution in [0.25, 0.3) is 10.2 Å². The van der Waals surface area contributed by atoms with Gasteiger partial charge in [-0.2, -0.15) is 4.98 Å². The zero-order valence-corrected chi connectivity index (χ0v) is 12.7. The number of nitrogens with one attached hydrogen (secondary N) is 1. The Morgan fingerprint density at radius 1 is 1.40 bits per heavy atom. The Kier molecular flexibility index (Phi) is 3.76. The van der Waals surface area contributed by atoms with Crippen molar-refractivity contribution in [3.8, 4) is 0 Å². The standard InChI is InChI=1S/C14H20N4OS/c1-9-7-11-12(16-14(15-2)17-13(11)20-9)18-5-3-10(8-19)4-6-18/h7,10,19H,3-6,8H2,1-2H3,(H,15,16,17). The summed E-state index contributed by atoms with van der Waals surface area (Å²) in [5.74, 6) is 2.15. The van der Waals surface area contributed by atoms with E-state index in [0.29, 0.717) is 18.5 Å². The van der Waals surface area contributed by atoms with Gasteiger partial charge in [-0.15, -0.1) is 11.3 Å². The molecule has 0 bridgehead atoms. The molecule has 1 aliphatic heterocycles. The summed E-state index contributed by atoms with van der Waals surface area (Å²) in [6, 6.07) is 2.17. The number of fused-ring (bicyclic) bond motifs is 1. The highest BCUT2D eigenvalue weighted by atomic mass is 32.1. The maximum Gasteiger partial charge on any atom is 0.225 e. The smallest absolute Gasteiger partial charge is 0.225 e. The third-order valence-electron chi connectivity index (χ3n) is 3.89. The Labute approximate surface area is 122 Å². The minimum atomic E-state index is 0.298. The highest BCUT2D eigenvalue weighted by molar-refractivity contribution is 7.18. The fourth-order valence-corrected chi connectivity index (χ4v) is 3.58. The summed E-state index contributed by atoms with van der Waals surface area (Å²) >= 11 is 1.71. The van der Waals surface area contributed by atoms with Gasteiger partial charge in [0.2, 0.25) is 5.95 Å². The average Bonchev–Trinajstić information content (AvgIpc) is 2.86. The van der Waals surface area contributed by atoms with E-state index in [2.05, 4.69) is 33.2 Å². The van der Waals surface area contributed by atoms with Crippen LogP contribution in [0.4, 0.5) is 11.8 Å². The summed E-state index contributed by atoms with van der Waals surface area (Å²) in [5, 5.41) is 13.4. The molecule has 0 amide bonds. The van der Waals surface area contributed by atoms with Gasteiger partial charge in [0.25, 0.3) is 0 Å². The molecule has 0 saturated carbocycles. The number of rotatable bonds is 3. The van der Waals surface area contributed by atoms with E-state index in [-0.39, 0.29) is 0 Å². The molecule has 1 aliphatic rings. The third kappa shape index (κ3) is 2.45. The Bertz CT molecular complexity index is 604. The van der Waals surface area contributed by atoms with Crippen molar-refractivity contribution in [2.45, 2.75) is 19.8 Å². The summed E-state index contributed by atoms with van der Waals surface area (Å²) in [4.78, 5) is 13.8. The number of aliphatic hydroxyl groups excluding tert-OH is 1. The fourth-order valence-electron chi connectivity index (χ4n) is 2.71. The summed E-state index contributed by atoms with van der Waals surface area (Å²) in [6.45, 7) is 4.31. The number of aromatic nitrogens is 2. The van der Waals surface area contributed by atoms with Crippen molar-refractivity contribution in [2.75, 3.05) is 37.0 Å². The van der Waals surface area contributed by atoms with E-state index >= 15 is 0 Å². The molecule has 2 N–H and O–H groups in total. The molecule has 20 heavy (non-hydrogen) atoms. The lowest BCUT2D eigenvalue weighted by Gasteiger charge is -2.32. The SMILES string of the molecule is CNc1nc(N2CCC(CO)CC2)c2cc(C)sc2n1. The van der Waals surface area contributed by atoms with Gasteiger partial charge in [-0.25, -0.2) is 4.98 Å². The van der Waals surface area contributed by atoms with E-state index in [4.69, 9.17) is 0 Å². The zero-order valence-electron chi connectivity index (χ0n) is 11.9. The van der Waals surface area contributed by atoms with Crippen molar-refractivity contribution in [3.63, 3.8) is 0 Å². The Balaban J connectivity index is 1.97. The van der Waals surface area contributed by atoms with Gasteiger partial charge in [-0.05, 0) is 31.7 Å². The number of hydrogen-bond acceptors (Lipinski definition) is 6. The number of piperidine rings is 1. The number of anilines is 2. The van der Waals surface area contributed by atoms with Crippen LogP contribution in [-0.4, -0.2) is 41.8 Å².